The van der Waals surface area contributed by atoms with E-state index in [9.17, 15) is 13.2 Å². The molecule has 2 rings (SSSR count). The highest BCUT2D eigenvalue weighted by Gasteiger charge is 2.33. The maximum absolute atomic E-state index is 12.3. The predicted octanol–water partition coefficient (Wildman–Crippen LogP) is 2.80. The molecule has 1 atom stereocenters. The van der Waals surface area contributed by atoms with Gasteiger partial charge in [0.05, 0.1) is 24.7 Å². The number of likely N-dealkylation sites (tertiary alicyclic amines) is 1. The maximum atomic E-state index is 12.3. The summed E-state index contributed by atoms with van der Waals surface area (Å²) in [5.74, 6) is 0.561. The van der Waals surface area contributed by atoms with Gasteiger partial charge in [-0.15, -0.1) is 0 Å². The zero-order valence-electron chi connectivity index (χ0n) is 15.0. The number of methoxy groups -OCH3 is 1. The molecule has 7 nitrogen and oxygen atoms in total. The lowest BCUT2D eigenvalue weighted by Crippen LogP contribution is -2.42. The quantitative estimate of drug-likeness (QED) is 0.740. The zero-order valence-corrected chi connectivity index (χ0v) is 15.8. The van der Waals surface area contributed by atoms with E-state index in [1.807, 2.05) is 0 Å². The number of carbonyl (C=O) groups excluding carboxylic acids is 1. The van der Waals surface area contributed by atoms with Gasteiger partial charge in [-0.3, -0.25) is 4.18 Å². The average Bonchev–Trinajstić information content (AvgIpc) is 3.00. The summed E-state index contributed by atoms with van der Waals surface area (Å²) >= 11 is 0. The number of amides is 1. The Bertz CT molecular complexity index is 693. The fourth-order valence-electron chi connectivity index (χ4n) is 2.55. The average molecular weight is 371 g/mol. The van der Waals surface area contributed by atoms with Gasteiger partial charge in [0.25, 0.3) is 10.1 Å². The highest BCUT2D eigenvalue weighted by molar-refractivity contribution is 7.86. The van der Waals surface area contributed by atoms with Gasteiger partial charge < -0.3 is 14.4 Å². The van der Waals surface area contributed by atoms with Crippen molar-refractivity contribution < 1.29 is 26.9 Å². The van der Waals surface area contributed by atoms with Gasteiger partial charge in [0.2, 0.25) is 0 Å². The van der Waals surface area contributed by atoms with Crippen molar-refractivity contribution in [3.8, 4) is 5.75 Å². The highest BCUT2D eigenvalue weighted by atomic mass is 32.2. The Morgan fingerprint density at radius 1 is 1.24 bits per heavy atom. The first kappa shape index (κ1) is 19.5. The number of benzene rings is 1. The summed E-state index contributed by atoms with van der Waals surface area (Å²) in [6, 6.07) is 5.64. The van der Waals surface area contributed by atoms with Crippen LogP contribution in [-0.4, -0.2) is 51.3 Å². The van der Waals surface area contributed by atoms with E-state index in [1.54, 1.807) is 32.9 Å². The van der Waals surface area contributed by atoms with Crippen LogP contribution in [0.15, 0.2) is 29.2 Å². The van der Waals surface area contributed by atoms with E-state index in [1.165, 1.54) is 24.1 Å². The van der Waals surface area contributed by atoms with Crippen LogP contribution in [0.2, 0.25) is 0 Å². The summed E-state index contributed by atoms with van der Waals surface area (Å²) in [4.78, 5) is 13.8. The molecule has 8 heteroatoms. The summed E-state index contributed by atoms with van der Waals surface area (Å²) in [6.07, 6.45) is 1.02. The second-order valence-electron chi connectivity index (χ2n) is 6.88. The van der Waals surface area contributed by atoms with E-state index in [4.69, 9.17) is 13.7 Å². The van der Waals surface area contributed by atoms with Crippen LogP contribution >= 0.6 is 0 Å². The normalized spacial score (nSPS) is 18.2. The van der Waals surface area contributed by atoms with E-state index in [0.717, 1.165) is 6.42 Å². The van der Waals surface area contributed by atoms with Gasteiger partial charge >= 0.3 is 6.09 Å². The van der Waals surface area contributed by atoms with Crippen LogP contribution in [0.1, 0.15) is 33.6 Å². The topological polar surface area (TPSA) is 82.1 Å². The third kappa shape index (κ3) is 5.34. The van der Waals surface area contributed by atoms with Gasteiger partial charge in [0, 0.05) is 6.54 Å². The SMILES string of the molecule is COc1ccc(S(=O)(=O)OC[C@@H]2CCCN2C(=O)OC(C)(C)C)cc1. The molecule has 0 saturated carbocycles. The van der Waals surface area contributed by atoms with Crippen LogP contribution in [0.5, 0.6) is 5.75 Å². The summed E-state index contributed by atoms with van der Waals surface area (Å²) in [5.41, 5.74) is -0.597. The molecule has 1 saturated heterocycles. The Morgan fingerprint density at radius 3 is 2.44 bits per heavy atom. The third-order valence-corrected chi connectivity index (χ3v) is 5.06. The molecule has 0 spiro atoms. The molecule has 1 aliphatic heterocycles. The number of nitrogens with zero attached hydrogens (tertiary/aromatic N) is 1. The fourth-order valence-corrected chi connectivity index (χ4v) is 3.49. The Labute approximate surface area is 149 Å². The Hall–Kier alpha value is -1.80. The van der Waals surface area contributed by atoms with Crippen molar-refractivity contribution >= 4 is 16.2 Å². The lowest BCUT2D eigenvalue weighted by Gasteiger charge is -2.28. The van der Waals surface area contributed by atoms with Gasteiger partial charge in [0.1, 0.15) is 11.4 Å². The number of hydrogen-bond donors (Lipinski definition) is 0. The van der Waals surface area contributed by atoms with Crippen molar-refractivity contribution in [1.29, 1.82) is 0 Å². The molecule has 140 valence electrons. The first-order valence-corrected chi connectivity index (χ1v) is 9.56. The molecule has 1 heterocycles. The molecule has 0 aliphatic carbocycles. The minimum atomic E-state index is -3.89. The van der Waals surface area contributed by atoms with E-state index >= 15 is 0 Å². The van der Waals surface area contributed by atoms with Gasteiger partial charge in [-0.25, -0.2) is 4.79 Å². The first-order valence-electron chi connectivity index (χ1n) is 8.15. The monoisotopic (exact) mass is 371 g/mol. The van der Waals surface area contributed by atoms with Gasteiger partial charge in [-0.05, 0) is 57.9 Å². The van der Waals surface area contributed by atoms with Crippen LogP contribution in [0, 0.1) is 0 Å². The van der Waals surface area contributed by atoms with Crippen molar-refractivity contribution in [3.63, 3.8) is 0 Å². The molecule has 1 aromatic rings. The third-order valence-electron chi connectivity index (χ3n) is 3.77. The van der Waals surface area contributed by atoms with Crippen molar-refractivity contribution in [3.05, 3.63) is 24.3 Å². The molecule has 25 heavy (non-hydrogen) atoms. The molecule has 0 bridgehead atoms. The summed E-state index contributed by atoms with van der Waals surface area (Å²) in [7, 11) is -2.39. The molecule has 1 aromatic carbocycles. The lowest BCUT2D eigenvalue weighted by molar-refractivity contribution is 0.0189. The summed E-state index contributed by atoms with van der Waals surface area (Å²) in [6.45, 7) is 5.82. The molecule has 1 fully saturated rings. The summed E-state index contributed by atoms with van der Waals surface area (Å²) in [5, 5.41) is 0. The standard InChI is InChI=1S/C17H25NO6S/c1-17(2,3)24-16(19)18-11-5-6-13(18)12-23-25(20,21)15-9-7-14(22-4)8-10-15/h7-10,13H,5-6,11-12H2,1-4H3/t13-/m0/s1. The smallest absolute Gasteiger partial charge is 0.410 e. The minimum Gasteiger partial charge on any atom is -0.497 e. The van der Waals surface area contributed by atoms with E-state index < -0.39 is 21.8 Å². The largest absolute Gasteiger partial charge is 0.497 e. The van der Waals surface area contributed by atoms with E-state index in [0.29, 0.717) is 18.7 Å². The molecule has 0 aromatic heterocycles. The van der Waals surface area contributed by atoms with E-state index in [2.05, 4.69) is 0 Å². The van der Waals surface area contributed by atoms with Crippen LogP contribution in [0.25, 0.3) is 0 Å². The maximum Gasteiger partial charge on any atom is 0.410 e. The Balaban J connectivity index is 1.99. The Morgan fingerprint density at radius 2 is 1.88 bits per heavy atom. The van der Waals surface area contributed by atoms with Crippen molar-refractivity contribution in [2.75, 3.05) is 20.3 Å². The number of rotatable bonds is 5. The van der Waals surface area contributed by atoms with Gasteiger partial charge in [-0.2, -0.15) is 8.42 Å². The van der Waals surface area contributed by atoms with Crippen LogP contribution in [-0.2, 0) is 19.0 Å². The fraction of sp³-hybridized carbons (Fsp3) is 0.588. The van der Waals surface area contributed by atoms with Crippen molar-refractivity contribution in [2.24, 2.45) is 0 Å². The van der Waals surface area contributed by atoms with Crippen LogP contribution in [0.4, 0.5) is 4.79 Å². The van der Waals surface area contributed by atoms with Gasteiger partial charge in [0.15, 0.2) is 0 Å². The second-order valence-corrected chi connectivity index (χ2v) is 8.50. The van der Waals surface area contributed by atoms with Crippen LogP contribution in [0.3, 0.4) is 0 Å². The molecule has 0 radical (unpaired) electrons. The van der Waals surface area contributed by atoms with Crippen molar-refractivity contribution in [1.82, 2.24) is 4.90 Å². The molecule has 0 unspecified atom stereocenters. The molecule has 1 aliphatic rings. The number of carbonyl (C=O) groups is 1. The zero-order chi connectivity index (χ0) is 18.7. The molecular weight excluding hydrogens is 346 g/mol. The van der Waals surface area contributed by atoms with Crippen molar-refractivity contribution in [2.45, 2.75) is 50.2 Å². The van der Waals surface area contributed by atoms with Gasteiger partial charge in [-0.1, -0.05) is 0 Å². The highest BCUT2D eigenvalue weighted by Crippen LogP contribution is 2.23. The summed E-state index contributed by atoms with van der Waals surface area (Å²) < 4.78 is 40.1. The van der Waals surface area contributed by atoms with Crippen LogP contribution < -0.4 is 4.74 Å². The molecule has 0 N–H and O–H groups in total. The molecule has 1 amide bonds. The number of hydrogen-bond acceptors (Lipinski definition) is 6. The lowest BCUT2D eigenvalue weighted by atomic mass is 10.2. The number of ether oxygens (including phenoxy) is 2. The second kappa shape index (κ2) is 7.61. The first-order chi connectivity index (χ1) is 11.6. The Kier molecular flexibility index (Phi) is 5.95. The predicted molar refractivity (Wildman–Crippen MR) is 92.1 cm³/mol. The van der Waals surface area contributed by atoms with E-state index in [-0.39, 0.29) is 17.5 Å². The molecular formula is C17H25NO6S. The minimum absolute atomic E-state index is 0.0510.